The van der Waals surface area contributed by atoms with Crippen LogP contribution in [0, 0.1) is 6.92 Å². The Morgan fingerprint density at radius 3 is 2.74 bits per heavy atom. The number of amides is 1. The number of nitrogens with one attached hydrogen (secondary N) is 1. The Morgan fingerprint density at radius 2 is 2.00 bits per heavy atom. The first-order valence-electron chi connectivity index (χ1n) is 9.18. The minimum atomic E-state index is -0.0863. The maximum absolute atomic E-state index is 13.1. The van der Waals surface area contributed by atoms with Crippen molar-refractivity contribution in [3.8, 4) is 11.3 Å². The standard InChI is InChI=1S/C22H21ClN2O2/c1-14-20(22(26)24-13-17-5-4-12-27-17)18-6-2-3-7-19(18)25-21(14)15-8-10-16(23)11-9-15/h2-3,6-11,17H,4-5,12-13H2,1H3,(H,24,26). The van der Waals surface area contributed by atoms with Gasteiger partial charge in [0.15, 0.2) is 0 Å². The van der Waals surface area contributed by atoms with Crippen LogP contribution >= 0.6 is 11.6 Å². The van der Waals surface area contributed by atoms with E-state index in [1.54, 1.807) is 0 Å². The number of rotatable bonds is 4. The summed E-state index contributed by atoms with van der Waals surface area (Å²) in [6.45, 7) is 3.26. The van der Waals surface area contributed by atoms with Gasteiger partial charge in [-0.3, -0.25) is 4.79 Å². The van der Waals surface area contributed by atoms with E-state index in [2.05, 4.69) is 5.32 Å². The maximum Gasteiger partial charge on any atom is 0.252 e. The number of pyridine rings is 1. The summed E-state index contributed by atoms with van der Waals surface area (Å²) in [5, 5.41) is 4.58. The molecular weight excluding hydrogens is 360 g/mol. The summed E-state index contributed by atoms with van der Waals surface area (Å²) in [7, 11) is 0. The number of aromatic nitrogens is 1. The number of ether oxygens (including phenoxy) is 1. The number of halogens is 1. The minimum absolute atomic E-state index is 0.0863. The van der Waals surface area contributed by atoms with Crippen LogP contribution in [-0.4, -0.2) is 30.1 Å². The zero-order valence-corrected chi connectivity index (χ0v) is 15.9. The molecule has 4 nitrogen and oxygen atoms in total. The van der Waals surface area contributed by atoms with E-state index in [0.29, 0.717) is 17.1 Å². The van der Waals surface area contributed by atoms with Crippen molar-refractivity contribution in [2.45, 2.75) is 25.9 Å². The zero-order chi connectivity index (χ0) is 18.8. The highest BCUT2D eigenvalue weighted by Crippen LogP contribution is 2.30. The fraction of sp³-hybridized carbons (Fsp3) is 0.273. The average Bonchev–Trinajstić information content (AvgIpc) is 3.20. The van der Waals surface area contributed by atoms with E-state index in [9.17, 15) is 4.79 Å². The second kappa shape index (κ2) is 7.67. The van der Waals surface area contributed by atoms with Crippen LogP contribution in [0.15, 0.2) is 48.5 Å². The summed E-state index contributed by atoms with van der Waals surface area (Å²) in [4.78, 5) is 17.9. The number of carbonyl (C=O) groups is 1. The Kier molecular flexibility index (Phi) is 5.10. The third kappa shape index (κ3) is 3.68. The van der Waals surface area contributed by atoms with Crippen LogP contribution in [0.4, 0.5) is 0 Å². The molecule has 2 heterocycles. The molecule has 1 atom stereocenters. The van der Waals surface area contributed by atoms with Crippen molar-refractivity contribution in [3.63, 3.8) is 0 Å². The molecule has 138 valence electrons. The van der Waals surface area contributed by atoms with Gasteiger partial charge in [-0.25, -0.2) is 4.98 Å². The molecule has 27 heavy (non-hydrogen) atoms. The van der Waals surface area contributed by atoms with Crippen LogP contribution in [0.3, 0.4) is 0 Å². The van der Waals surface area contributed by atoms with E-state index >= 15 is 0 Å². The highest BCUT2D eigenvalue weighted by Gasteiger charge is 2.21. The van der Waals surface area contributed by atoms with Gasteiger partial charge in [-0.05, 0) is 43.5 Å². The van der Waals surface area contributed by atoms with Crippen molar-refractivity contribution in [1.29, 1.82) is 0 Å². The molecule has 0 aliphatic carbocycles. The largest absolute Gasteiger partial charge is 0.376 e. The first-order valence-corrected chi connectivity index (χ1v) is 9.56. The molecule has 1 aromatic heterocycles. The lowest BCUT2D eigenvalue weighted by Crippen LogP contribution is -2.32. The molecule has 2 aromatic carbocycles. The van der Waals surface area contributed by atoms with Gasteiger partial charge < -0.3 is 10.1 Å². The second-order valence-corrected chi connectivity index (χ2v) is 7.27. The number of hydrogen-bond donors (Lipinski definition) is 1. The first kappa shape index (κ1) is 18.0. The Balaban J connectivity index is 1.76. The monoisotopic (exact) mass is 380 g/mol. The molecule has 5 heteroatoms. The third-order valence-corrected chi connectivity index (χ3v) is 5.25. The van der Waals surface area contributed by atoms with Crippen LogP contribution in [0.1, 0.15) is 28.8 Å². The summed E-state index contributed by atoms with van der Waals surface area (Å²) >= 11 is 6.02. The molecular formula is C22H21ClN2O2. The smallest absolute Gasteiger partial charge is 0.252 e. The van der Waals surface area contributed by atoms with Crippen molar-refractivity contribution < 1.29 is 9.53 Å². The molecule has 3 aromatic rings. The zero-order valence-electron chi connectivity index (χ0n) is 15.2. The van der Waals surface area contributed by atoms with Gasteiger partial charge in [-0.15, -0.1) is 0 Å². The van der Waals surface area contributed by atoms with E-state index in [-0.39, 0.29) is 12.0 Å². The van der Waals surface area contributed by atoms with E-state index < -0.39 is 0 Å². The highest BCUT2D eigenvalue weighted by molar-refractivity contribution is 6.30. The molecule has 4 rings (SSSR count). The Bertz CT molecular complexity index is 980. The summed E-state index contributed by atoms with van der Waals surface area (Å²) < 4.78 is 5.62. The fourth-order valence-electron chi connectivity index (χ4n) is 3.59. The predicted octanol–water partition coefficient (Wildman–Crippen LogP) is 4.77. The lowest BCUT2D eigenvalue weighted by atomic mass is 9.97. The Morgan fingerprint density at radius 1 is 1.22 bits per heavy atom. The van der Waals surface area contributed by atoms with E-state index in [1.165, 1.54) is 0 Å². The third-order valence-electron chi connectivity index (χ3n) is 4.99. The number of benzene rings is 2. The number of hydrogen-bond acceptors (Lipinski definition) is 3. The van der Waals surface area contributed by atoms with Crippen LogP contribution in [0.2, 0.25) is 5.02 Å². The lowest BCUT2D eigenvalue weighted by molar-refractivity contribution is 0.0858. The van der Waals surface area contributed by atoms with Crippen LogP contribution in [0.25, 0.3) is 22.2 Å². The molecule has 0 bridgehead atoms. The highest BCUT2D eigenvalue weighted by atomic mass is 35.5. The minimum Gasteiger partial charge on any atom is -0.376 e. The second-order valence-electron chi connectivity index (χ2n) is 6.83. The lowest BCUT2D eigenvalue weighted by Gasteiger charge is -2.16. The number of fused-ring (bicyclic) bond motifs is 1. The van der Waals surface area contributed by atoms with Crippen molar-refractivity contribution in [1.82, 2.24) is 10.3 Å². The van der Waals surface area contributed by atoms with E-state index in [0.717, 1.165) is 47.2 Å². The molecule has 1 saturated heterocycles. The summed E-state index contributed by atoms with van der Waals surface area (Å²) in [5.41, 5.74) is 4.07. The van der Waals surface area contributed by atoms with Gasteiger partial charge in [0.1, 0.15) is 0 Å². The average molecular weight is 381 g/mol. The normalized spacial score (nSPS) is 16.6. The Hall–Kier alpha value is -2.43. The fourth-order valence-corrected chi connectivity index (χ4v) is 3.71. The quantitative estimate of drug-likeness (QED) is 0.709. The van der Waals surface area contributed by atoms with Gasteiger partial charge in [0.2, 0.25) is 0 Å². The Labute approximate surface area is 163 Å². The van der Waals surface area contributed by atoms with Gasteiger partial charge in [0.25, 0.3) is 5.91 Å². The van der Waals surface area contributed by atoms with Gasteiger partial charge >= 0.3 is 0 Å². The summed E-state index contributed by atoms with van der Waals surface area (Å²) in [6, 6.07) is 15.3. The molecule has 1 aliphatic heterocycles. The number of nitrogens with zero attached hydrogens (tertiary/aromatic N) is 1. The molecule has 1 amide bonds. The summed E-state index contributed by atoms with van der Waals surface area (Å²) in [6.07, 6.45) is 2.16. The van der Waals surface area contributed by atoms with Crippen molar-refractivity contribution in [2.75, 3.05) is 13.2 Å². The molecule has 1 fully saturated rings. The van der Waals surface area contributed by atoms with Crippen LogP contribution in [0.5, 0.6) is 0 Å². The number of para-hydroxylation sites is 1. The van der Waals surface area contributed by atoms with Crippen molar-refractivity contribution in [3.05, 3.63) is 64.7 Å². The van der Waals surface area contributed by atoms with Crippen molar-refractivity contribution >= 4 is 28.4 Å². The molecule has 0 radical (unpaired) electrons. The molecule has 1 aliphatic rings. The topological polar surface area (TPSA) is 51.2 Å². The van der Waals surface area contributed by atoms with E-state index in [4.69, 9.17) is 21.3 Å². The molecule has 1 unspecified atom stereocenters. The van der Waals surface area contributed by atoms with Gasteiger partial charge in [-0.1, -0.05) is 41.9 Å². The summed E-state index contributed by atoms with van der Waals surface area (Å²) in [5.74, 6) is -0.0863. The van der Waals surface area contributed by atoms with Gasteiger partial charge in [0, 0.05) is 29.1 Å². The molecule has 0 saturated carbocycles. The predicted molar refractivity (Wildman–Crippen MR) is 108 cm³/mol. The van der Waals surface area contributed by atoms with Gasteiger partial charge in [0.05, 0.1) is 22.9 Å². The van der Waals surface area contributed by atoms with Crippen LogP contribution < -0.4 is 5.32 Å². The SMILES string of the molecule is Cc1c(-c2ccc(Cl)cc2)nc2ccccc2c1C(=O)NCC1CCCO1. The molecule has 0 spiro atoms. The molecule has 1 N–H and O–H groups in total. The maximum atomic E-state index is 13.1. The first-order chi connectivity index (χ1) is 13.1. The van der Waals surface area contributed by atoms with Crippen LogP contribution in [-0.2, 0) is 4.74 Å². The van der Waals surface area contributed by atoms with Gasteiger partial charge in [-0.2, -0.15) is 0 Å². The van der Waals surface area contributed by atoms with E-state index in [1.807, 2.05) is 55.5 Å². The van der Waals surface area contributed by atoms with Crippen molar-refractivity contribution in [2.24, 2.45) is 0 Å². The number of carbonyl (C=O) groups excluding carboxylic acids is 1.